The summed E-state index contributed by atoms with van der Waals surface area (Å²) in [6.45, 7) is 4.70. The van der Waals surface area contributed by atoms with Gasteiger partial charge in [-0.25, -0.2) is 9.79 Å². The summed E-state index contributed by atoms with van der Waals surface area (Å²) in [5, 5.41) is 0. The molecule has 1 aliphatic heterocycles. The van der Waals surface area contributed by atoms with Crippen molar-refractivity contribution in [1.82, 2.24) is 9.80 Å². The summed E-state index contributed by atoms with van der Waals surface area (Å²) < 4.78 is 11.6. The number of rotatable bonds is 9. The molecule has 0 aromatic heterocycles. The van der Waals surface area contributed by atoms with Crippen LogP contribution in [0.3, 0.4) is 0 Å². The highest BCUT2D eigenvalue weighted by Gasteiger charge is 2.23. The summed E-state index contributed by atoms with van der Waals surface area (Å²) in [5.41, 5.74) is 9.62. The van der Waals surface area contributed by atoms with Crippen LogP contribution in [0.4, 0.5) is 5.69 Å². The van der Waals surface area contributed by atoms with E-state index in [0.717, 1.165) is 35.2 Å². The zero-order valence-corrected chi connectivity index (χ0v) is 22.2. The molecule has 0 saturated heterocycles. The zero-order valence-electron chi connectivity index (χ0n) is 22.2. The highest BCUT2D eigenvalue weighted by atomic mass is 16.5. The van der Waals surface area contributed by atoms with Crippen LogP contribution in [-0.4, -0.2) is 53.9 Å². The summed E-state index contributed by atoms with van der Waals surface area (Å²) in [7, 11) is 1.93. The minimum Gasteiger partial charge on any atom is -0.494 e. The second-order valence-corrected chi connectivity index (χ2v) is 10.1. The molecule has 1 heterocycles. The minimum absolute atomic E-state index is 0.00967. The van der Waals surface area contributed by atoms with Crippen molar-refractivity contribution in [2.75, 3.05) is 20.2 Å². The molecule has 0 radical (unpaired) electrons. The van der Waals surface area contributed by atoms with Gasteiger partial charge in [0.2, 0.25) is 5.91 Å². The van der Waals surface area contributed by atoms with E-state index in [-0.39, 0.29) is 18.4 Å². The molecule has 1 fully saturated rings. The number of carbonyl (C=O) groups excluding carboxylic acids is 2. The van der Waals surface area contributed by atoms with Crippen LogP contribution < -0.4 is 15.2 Å². The predicted octanol–water partition coefficient (Wildman–Crippen LogP) is 4.62. The van der Waals surface area contributed by atoms with Gasteiger partial charge in [-0.15, -0.1) is 0 Å². The van der Waals surface area contributed by atoms with Gasteiger partial charge in [-0.3, -0.25) is 4.79 Å². The fourth-order valence-electron chi connectivity index (χ4n) is 5.03. The summed E-state index contributed by atoms with van der Waals surface area (Å²) >= 11 is 0. The second kappa shape index (κ2) is 12.1. The molecular weight excluding hydrogens is 468 g/mol. The number of aliphatic imine (C=N–C) groups is 1. The molecule has 4 rings (SSSR count). The van der Waals surface area contributed by atoms with Crippen LogP contribution in [0, 0.1) is 13.8 Å². The molecule has 0 unspecified atom stereocenters. The molecule has 2 aromatic rings. The third-order valence-electron chi connectivity index (χ3n) is 7.24. The van der Waals surface area contributed by atoms with Crippen LogP contribution in [0.25, 0.3) is 0 Å². The minimum atomic E-state index is -0.394. The van der Waals surface area contributed by atoms with Gasteiger partial charge in [0.15, 0.2) is 5.96 Å². The molecule has 1 saturated carbocycles. The lowest BCUT2D eigenvalue weighted by Gasteiger charge is -2.31. The lowest BCUT2D eigenvalue weighted by atomic mass is 9.94. The van der Waals surface area contributed by atoms with Crippen molar-refractivity contribution in [1.29, 1.82) is 0 Å². The highest BCUT2D eigenvalue weighted by Crippen LogP contribution is 2.30. The first-order valence-corrected chi connectivity index (χ1v) is 13.2. The van der Waals surface area contributed by atoms with Crippen molar-refractivity contribution in [3.63, 3.8) is 0 Å². The van der Waals surface area contributed by atoms with E-state index in [2.05, 4.69) is 4.99 Å². The molecule has 2 N–H and O–H groups in total. The Morgan fingerprint density at radius 3 is 2.57 bits per heavy atom. The third kappa shape index (κ3) is 6.81. The van der Waals surface area contributed by atoms with Gasteiger partial charge in [-0.1, -0.05) is 37.5 Å². The number of hydrogen-bond acceptors (Lipinski definition) is 7. The summed E-state index contributed by atoms with van der Waals surface area (Å²) in [6.07, 6.45) is 7.07. The Morgan fingerprint density at radius 1 is 1.11 bits per heavy atom. The number of para-hydroxylation sites is 1. The van der Waals surface area contributed by atoms with Gasteiger partial charge >= 0.3 is 5.97 Å². The molecule has 1 aliphatic carbocycles. The second-order valence-electron chi connectivity index (χ2n) is 10.1. The van der Waals surface area contributed by atoms with E-state index in [1.807, 2.05) is 62.2 Å². The monoisotopic (exact) mass is 506 g/mol. The Labute approximate surface area is 219 Å². The van der Waals surface area contributed by atoms with Gasteiger partial charge in [0.25, 0.3) is 0 Å². The molecule has 2 aromatic carbocycles. The van der Waals surface area contributed by atoms with E-state index in [1.54, 1.807) is 4.90 Å². The van der Waals surface area contributed by atoms with Gasteiger partial charge in [-0.2, -0.15) is 0 Å². The maximum atomic E-state index is 12.7. The summed E-state index contributed by atoms with van der Waals surface area (Å²) in [5.74, 6) is 1.36. The van der Waals surface area contributed by atoms with Crippen LogP contribution in [0.15, 0.2) is 41.4 Å². The Kier molecular flexibility index (Phi) is 8.69. The highest BCUT2D eigenvalue weighted by molar-refractivity contribution is 5.87. The quantitative estimate of drug-likeness (QED) is 0.303. The van der Waals surface area contributed by atoms with Crippen molar-refractivity contribution in [2.24, 2.45) is 10.7 Å². The van der Waals surface area contributed by atoms with Gasteiger partial charge < -0.3 is 25.0 Å². The first-order valence-electron chi connectivity index (χ1n) is 13.2. The van der Waals surface area contributed by atoms with E-state index in [4.69, 9.17) is 15.2 Å². The topological polar surface area (TPSA) is 97.5 Å². The maximum Gasteiger partial charge on any atom is 0.331 e. The normalized spacial score (nSPS) is 15.5. The Morgan fingerprint density at radius 2 is 1.84 bits per heavy atom. The average molecular weight is 507 g/mol. The molecule has 37 heavy (non-hydrogen) atoms. The fourth-order valence-corrected chi connectivity index (χ4v) is 5.03. The number of amides is 1. The first kappa shape index (κ1) is 26.5. The molecule has 8 heteroatoms. The number of ether oxygens (including phenoxy) is 2. The van der Waals surface area contributed by atoms with Gasteiger partial charge in [0, 0.05) is 31.6 Å². The molecule has 8 nitrogen and oxygen atoms in total. The van der Waals surface area contributed by atoms with E-state index in [1.165, 1.54) is 19.3 Å². The Bertz CT molecular complexity index is 1140. The van der Waals surface area contributed by atoms with Crippen LogP contribution in [0.5, 0.6) is 11.5 Å². The number of esters is 1. The van der Waals surface area contributed by atoms with E-state index in [9.17, 15) is 9.59 Å². The van der Waals surface area contributed by atoms with Crippen LogP contribution in [0.2, 0.25) is 0 Å². The summed E-state index contributed by atoms with van der Waals surface area (Å²) in [6, 6.07) is 11.8. The number of guanidine groups is 1. The van der Waals surface area contributed by atoms with Crippen molar-refractivity contribution < 1.29 is 19.1 Å². The maximum absolute atomic E-state index is 12.7. The Balaban J connectivity index is 1.28. The number of carbonyl (C=O) groups is 2. The van der Waals surface area contributed by atoms with Gasteiger partial charge in [-0.05, 0) is 62.4 Å². The lowest BCUT2D eigenvalue weighted by molar-refractivity contribution is -0.135. The summed E-state index contributed by atoms with van der Waals surface area (Å²) in [4.78, 5) is 33.3. The smallest absolute Gasteiger partial charge is 0.331 e. The number of fused-ring (bicyclic) bond motifs is 1. The molecule has 2 aliphatic rings. The molecule has 0 bridgehead atoms. The fraction of sp³-hybridized carbons (Fsp3) is 0.483. The van der Waals surface area contributed by atoms with Crippen molar-refractivity contribution in [3.05, 3.63) is 53.1 Å². The van der Waals surface area contributed by atoms with E-state index in [0.29, 0.717) is 43.5 Å². The van der Waals surface area contributed by atoms with Crippen molar-refractivity contribution in [3.8, 4) is 11.5 Å². The molecule has 0 atom stereocenters. The van der Waals surface area contributed by atoms with Gasteiger partial charge in [0.05, 0.1) is 12.3 Å². The number of nitrogens with two attached hydrogens (primary N) is 1. The van der Waals surface area contributed by atoms with Crippen molar-refractivity contribution >= 4 is 23.5 Å². The zero-order chi connectivity index (χ0) is 26.4. The standard InChI is InChI=1S/C29H38N4O4/c1-20-9-7-10-21(2)28(20)37-27(35)19-33-18-22-17-24(14-15-25(22)31-29(33)30)36-16-8-13-26(34)32(3)23-11-5-4-6-12-23/h7,9-10,14-15,17,23H,4-6,8,11-13,16,18-19H2,1-3H3,(H2,30,31). The SMILES string of the molecule is Cc1cccc(C)c1OC(=O)CN1Cc2cc(OCCCC(=O)N(C)C3CCCCC3)ccc2N=C1N. The number of aryl methyl sites for hydroxylation is 2. The van der Waals surface area contributed by atoms with Crippen LogP contribution in [-0.2, 0) is 16.1 Å². The van der Waals surface area contributed by atoms with E-state index < -0.39 is 5.97 Å². The number of hydrogen-bond donors (Lipinski definition) is 1. The molecule has 0 spiro atoms. The molecule has 198 valence electrons. The third-order valence-corrected chi connectivity index (χ3v) is 7.24. The largest absolute Gasteiger partial charge is 0.494 e. The molecular formula is C29H38N4O4. The van der Waals surface area contributed by atoms with Gasteiger partial charge in [0.1, 0.15) is 18.0 Å². The average Bonchev–Trinajstić information content (AvgIpc) is 2.89. The van der Waals surface area contributed by atoms with Crippen LogP contribution >= 0.6 is 0 Å². The number of benzene rings is 2. The number of nitrogens with zero attached hydrogens (tertiary/aromatic N) is 3. The van der Waals surface area contributed by atoms with E-state index >= 15 is 0 Å². The van der Waals surface area contributed by atoms with Crippen LogP contribution in [0.1, 0.15) is 61.6 Å². The lowest BCUT2D eigenvalue weighted by Crippen LogP contribution is -2.42. The van der Waals surface area contributed by atoms with Crippen molar-refractivity contribution in [2.45, 2.75) is 71.4 Å². The predicted molar refractivity (Wildman–Crippen MR) is 144 cm³/mol. The molecule has 1 amide bonds. The Hall–Kier alpha value is -3.55. The first-order chi connectivity index (χ1) is 17.8.